The molecule has 11 heteroatoms. The molecule has 140 valence electrons. The van der Waals surface area contributed by atoms with Gasteiger partial charge in [-0.15, -0.1) is 0 Å². The van der Waals surface area contributed by atoms with Crippen LogP contribution in [0.2, 0.25) is 0 Å². The standard InChI is InChI=1S/C15H14F4N4O3/c1-6(5-22-8(3)14(23(25)26)7(2)21-22)15(24)20-13-11(18)9(16)4-10(17)12(13)19/h4,6H,5H2,1-3H3,(H,20,24)/t6-/m1/s1. The zero-order chi connectivity index (χ0) is 19.8. The molecular formula is C15H14F4N4O3. The van der Waals surface area contributed by atoms with Gasteiger partial charge >= 0.3 is 5.69 Å². The van der Waals surface area contributed by atoms with Crippen LogP contribution < -0.4 is 5.32 Å². The largest absolute Gasteiger partial charge is 0.321 e. The molecule has 0 aliphatic heterocycles. The quantitative estimate of drug-likeness (QED) is 0.377. The van der Waals surface area contributed by atoms with Gasteiger partial charge in [0.2, 0.25) is 5.91 Å². The van der Waals surface area contributed by atoms with Gasteiger partial charge in [-0.1, -0.05) is 6.92 Å². The lowest BCUT2D eigenvalue weighted by Gasteiger charge is -2.14. The van der Waals surface area contributed by atoms with Gasteiger partial charge in [0.15, 0.2) is 23.3 Å². The van der Waals surface area contributed by atoms with Crippen molar-refractivity contribution >= 4 is 17.3 Å². The van der Waals surface area contributed by atoms with E-state index in [2.05, 4.69) is 5.10 Å². The number of rotatable bonds is 5. The Hall–Kier alpha value is -2.98. The normalized spacial score (nSPS) is 12.1. The molecule has 0 aliphatic rings. The minimum atomic E-state index is -1.73. The lowest BCUT2D eigenvalue weighted by molar-refractivity contribution is -0.386. The van der Waals surface area contributed by atoms with Crippen molar-refractivity contribution in [1.82, 2.24) is 9.78 Å². The van der Waals surface area contributed by atoms with Gasteiger partial charge in [-0.05, 0) is 13.8 Å². The fourth-order valence-electron chi connectivity index (χ4n) is 2.40. The topological polar surface area (TPSA) is 90.1 Å². The van der Waals surface area contributed by atoms with Crippen molar-refractivity contribution in [1.29, 1.82) is 0 Å². The van der Waals surface area contributed by atoms with Crippen LogP contribution in [0.4, 0.5) is 28.9 Å². The van der Waals surface area contributed by atoms with Gasteiger partial charge in [0.05, 0.1) is 17.4 Å². The predicted molar refractivity (Wildman–Crippen MR) is 82.4 cm³/mol. The average Bonchev–Trinajstić information content (AvgIpc) is 2.83. The molecule has 0 saturated heterocycles. The predicted octanol–water partition coefficient (Wildman–Crippen LogP) is 3.24. The molecule has 1 atom stereocenters. The van der Waals surface area contributed by atoms with Crippen LogP contribution in [0.1, 0.15) is 18.3 Å². The third-order valence-corrected chi connectivity index (χ3v) is 3.78. The number of halogens is 4. The maximum Gasteiger partial charge on any atom is 0.312 e. The Morgan fingerprint density at radius 2 is 1.81 bits per heavy atom. The molecule has 1 heterocycles. The number of carbonyl (C=O) groups is 1. The van der Waals surface area contributed by atoms with Crippen LogP contribution in [0.25, 0.3) is 0 Å². The molecule has 26 heavy (non-hydrogen) atoms. The van der Waals surface area contributed by atoms with Gasteiger partial charge in [0.25, 0.3) is 0 Å². The van der Waals surface area contributed by atoms with Crippen molar-refractivity contribution in [3.63, 3.8) is 0 Å². The summed E-state index contributed by atoms with van der Waals surface area (Å²) in [4.78, 5) is 22.5. The first kappa shape index (κ1) is 19.3. The molecule has 0 spiro atoms. The highest BCUT2D eigenvalue weighted by Gasteiger charge is 2.26. The van der Waals surface area contributed by atoms with E-state index in [1.165, 1.54) is 25.5 Å². The molecule has 2 aromatic rings. The van der Waals surface area contributed by atoms with Crippen LogP contribution in [-0.2, 0) is 11.3 Å². The molecule has 1 aromatic heterocycles. The number of nitrogens with zero attached hydrogens (tertiary/aromatic N) is 3. The maximum atomic E-state index is 13.6. The van der Waals surface area contributed by atoms with E-state index in [0.717, 1.165) is 0 Å². The molecule has 7 nitrogen and oxygen atoms in total. The second kappa shape index (κ2) is 7.10. The van der Waals surface area contributed by atoms with Gasteiger partial charge in [-0.2, -0.15) is 5.10 Å². The minimum Gasteiger partial charge on any atom is -0.321 e. The van der Waals surface area contributed by atoms with Crippen molar-refractivity contribution in [2.75, 3.05) is 5.32 Å². The first-order chi connectivity index (χ1) is 12.0. The average molecular weight is 374 g/mol. The molecule has 0 fully saturated rings. The summed E-state index contributed by atoms with van der Waals surface area (Å²) in [6, 6.07) is 0.0265. The molecule has 0 radical (unpaired) electrons. The second-order valence-electron chi connectivity index (χ2n) is 5.69. The third-order valence-electron chi connectivity index (χ3n) is 3.78. The third kappa shape index (κ3) is 3.51. The number of aromatic nitrogens is 2. The second-order valence-corrected chi connectivity index (χ2v) is 5.69. The first-order valence-electron chi connectivity index (χ1n) is 7.36. The molecule has 0 aliphatic carbocycles. The zero-order valence-corrected chi connectivity index (χ0v) is 13.9. The van der Waals surface area contributed by atoms with Crippen LogP contribution in [0.3, 0.4) is 0 Å². The van der Waals surface area contributed by atoms with Crippen LogP contribution in [0.15, 0.2) is 6.07 Å². The zero-order valence-electron chi connectivity index (χ0n) is 13.9. The van der Waals surface area contributed by atoms with Crippen LogP contribution >= 0.6 is 0 Å². The van der Waals surface area contributed by atoms with E-state index in [4.69, 9.17) is 0 Å². The highest BCUT2D eigenvalue weighted by Crippen LogP contribution is 2.26. The minimum absolute atomic E-state index is 0.0265. The lowest BCUT2D eigenvalue weighted by atomic mass is 10.1. The van der Waals surface area contributed by atoms with Crippen molar-refractivity contribution in [2.45, 2.75) is 27.3 Å². The molecule has 0 unspecified atom stereocenters. The van der Waals surface area contributed by atoms with Crippen molar-refractivity contribution in [3.8, 4) is 0 Å². The fourth-order valence-corrected chi connectivity index (χ4v) is 2.40. The maximum absolute atomic E-state index is 13.6. The summed E-state index contributed by atoms with van der Waals surface area (Å²) in [6.07, 6.45) is 0. The first-order valence-corrected chi connectivity index (χ1v) is 7.36. The fraction of sp³-hybridized carbons (Fsp3) is 0.333. The van der Waals surface area contributed by atoms with Crippen molar-refractivity contribution < 1.29 is 27.3 Å². The Kier molecular flexibility index (Phi) is 5.28. The molecule has 0 saturated carbocycles. The number of anilines is 1. The summed E-state index contributed by atoms with van der Waals surface area (Å²) in [5.41, 5.74) is -1.11. The number of aryl methyl sites for hydroxylation is 1. The Morgan fingerprint density at radius 3 is 2.27 bits per heavy atom. The van der Waals surface area contributed by atoms with Crippen molar-refractivity contribution in [2.24, 2.45) is 5.92 Å². The summed E-state index contributed by atoms with van der Waals surface area (Å²) in [7, 11) is 0. The van der Waals surface area contributed by atoms with Crippen molar-refractivity contribution in [3.05, 3.63) is 50.8 Å². The summed E-state index contributed by atoms with van der Waals surface area (Å²) in [5, 5.41) is 16.7. The van der Waals surface area contributed by atoms with Gasteiger partial charge in [0, 0.05) is 6.07 Å². The molecule has 0 bridgehead atoms. The summed E-state index contributed by atoms with van der Waals surface area (Å²) in [6.45, 7) is 4.08. The molecular weight excluding hydrogens is 360 g/mol. The summed E-state index contributed by atoms with van der Waals surface area (Å²) < 4.78 is 54.8. The Morgan fingerprint density at radius 1 is 1.27 bits per heavy atom. The number of nitrogens with one attached hydrogen (secondary N) is 1. The van der Waals surface area contributed by atoms with Crippen LogP contribution in [0.5, 0.6) is 0 Å². The van der Waals surface area contributed by atoms with E-state index < -0.39 is 45.7 Å². The number of nitro groups is 1. The van der Waals surface area contributed by atoms with E-state index in [9.17, 15) is 32.5 Å². The van der Waals surface area contributed by atoms with Gasteiger partial charge in [-0.25, -0.2) is 17.6 Å². The van der Waals surface area contributed by atoms with Gasteiger partial charge < -0.3 is 5.32 Å². The highest BCUT2D eigenvalue weighted by molar-refractivity contribution is 5.92. The Bertz CT molecular complexity index is 871. The molecule has 1 aromatic carbocycles. The number of hydrogen-bond donors (Lipinski definition) is 1. The van der Waals surface area contributed by atoms with E-state index in [0.29, 0.717) is 0 Å². The van der Waals surface area contributed by atoms with E-state index in [-0.39, 0.29) is 29.7 Å². The molecule has 2 rings (SSSR count). The molecule has 1 N–H and O–H groups in total. The monoisotopic (exact) mass is 374 g/mol. The number of carbonyl (C=O) groups excluding carboxylic acids is 1. The van der Waals surface area contributed by atoms with Crippen LogP contribution in [0, 0.1) is 53.1 Å². The van der Waals surface area contributed by atoms with E-state index >= 15 is 0 Å². The van der Waals surface area contributed by atoms with Crippen LogP contribution in [-0.4, -0.2) is 20.6 Å². The number of amides is 1. The summed E-state index contributed by atoms with van der Waals surface area (Å²) >= 11 is 0. The van der Waals surface area contributed by atoms with E-state index in [1.54, 1.807) is 5.32 Å². The Balaban J connectivity index is 2.22. The number of benzene rings is 1. The van der Waals surface area contributed by atoms with E-state index in [1.807, 2.05) is 0 Å². The summed E-state index contributed by atoms with van der Waals surface area (Å²) in [5.74, 6) is -8.67. The van der Waals surface area contributed by atoms with Gasteiger partial charge in [0.1, 0.15) is 17.1 Å². The highest BCUT2D eigenvalue weighted by atomic mass is 19.2. The Labute approximate surface area is 144 Å². The smallest absolute Gasteiger partial charge is 0.312 e. The lowest BCUT2D eigenvalue weighted by Crippen LogP contribution is -2.26. The van der Waals surface area contributed by atoms with Gasteiger partial charge in [-0.3, -0.25) is 19.6 Å². The SMILES string of the molecule is Cc1nn(C[C@@H](C)C(=O)Nc2c(F)c(F)cc(F)c2F)c(C)c1[N+](=O)[O-]. The number of hydrogen-bond acceptors (Lipinski definition) is 4. The molecule has 1 amide bonds.